The molecule has 0 spiro atoms. The van der Waals surface area contributed by atoms with Crippen LogP contribution in [0.4, 0.5) is 0 Å². The molecule has 0 aliphatic heterocycles. The van der Waals surface area contributed by atoms with Crippen LogP contribution in [0, 0.1) is 0 Å². The fourth-order valence-electron chi connectivity index (χ4n) is 8.19. The second-order valence-corrected chi connectivity index (χ2v) is 25.8. The summed E-state index contributed by atoms with van der Waals surface area (Å²) < 4.78 is 54.3. The Bertz CT molecular complexity index is 1590. The zero-order valence-corrected chi connectivity index (χ0v) is 51.8. The van der Waals surface area contributed by atoms with Crippen LogP contribution in [0.5, 0.6) is 11.5 Å². The van der Waals surface area contributed by atoms with E-state index in [1.54, 1.807) is 24.3 Å². The molecule has 0 heterocycles. The molecule has 0 radical (unpaired) electrons. The molecule has 0 bridgehead atoms. The molecule has 2 aromatic carbocycles. The van der Waals surface area contributed by atoms with Gasteiger partial charge in [0.05, 0.1) is 39.1 Å². The Kier molecular flexibility index (Phi) is 40.2. The molecule has 0 N–H and O–H groups in total. The number of ether oxygens (including phenoxy) is 4. The lowest BCUT2D eigenvalue weighted by molar-refractivity contribution is 0.0335. The Balaban J connectivity index is 1.64. The molecule has 0 aliphatic carbocycles. The number of halogens is 6. The number of hydrogen-bond acceptors (Lipinski definition) is 6. The molecule has 388 valence electrons. The molecule has 2 unspecified atom stereocenters. The molecule has 2 rings (SSSR count). The average Bonchev–Trinajstić information content (AvgIpc) is 3.30. The van der Waals surface area contributed by atoms with Crippen LogP contribution in [-0.4, -0.2) is 57.7 Å². The minimum Gasteiger partial charge on any atom is -0.490 e. The SMILES string of the molecule is CCCCCCCCCCCCCCCCCCOCC(Br)COc1c(Br)cc(S(=O)(=O)c2cc(Br)c(OCC(CBr)OCCCCCCCCCCCCCCCCCC)c(Br)c2)cc1Br. The third kappa shape index (κ3) is 30.6. The van der Waals surface area contributed by atoms with Crippen molar-refractivity contribution in [3.05, 3.63) is 42.2 Å². The molecule has 0 saturated carbocycles. The van der Waals surface area contributed by atoms with Gasteiger partial charge in [-0.05, 0) is 101 Å². The second kappa shape index (κ2) is 42.2. The lowest BCUT2D eigenvalue weighted by atomic mass is 10.0. The smallest absolute Gasteiger partial charge is 0.206 e. The Labute approximate surface area is 460 Å². The van der Waals surface area contributed by atoms with Gasteiger partial charge in [-0.2, -0.15) is 0 Å². The molecule has 2 atom stereocenters. The van der Waals surface area contributed by atoms with Gasteiger partial charge in [-0.1, -0.05) is 238 Å². The molecule has 0 saturated heterocycles. The Morgan fingerprint density at radius 3 is 1.06 bits per heavy atom. The first-order valence-electron chi connectivity index (χ1n) is 26.4. The summed E-state index contributed by atoms with van der Waals surface area (Å²) in [6, 6.07) is 6.32. The molecular formula is C54H88Br6O6S. The Hall–Kier alpha value is 0.790. The van der Waals surface area contributed by atoms with Gasteiger partial charge in [0.15, 0.2) is 0 Å². The van der Waals surface area contributed by atoms with Crippen molar-refractivity contribution in [1.29, 1.82) is 0 Å². The number of unbranched alkanes of at least 4 members (excludes halogenated alkanes) is 30. The van der Waals surface area contributed by atoms with E-state index in [4.69, 9.17) is 18.9 Å². The minimum atomic E-state index is -3.89. The molecule has 0 aliphatic rings. The van der Waals surface area contributed by atoms with Crippen LogP contribution in [0.15, 0.2) is 51.9 Å². The summed E-state index contributed by atoms with van der Waals surface area (Å²) in [7, 11) is -3.89. The lowest BCUT2D eigenvalue weighted by Gasteiger charge is -2.19. The van der Waals surface area contributed by atoms with Crippen LogP contribution in [0.1, 0.15) is 219 Å². The fraction of sp³-hybridized carbons (Fsp3) is 0.778. The van der Waals surface area contributed by atoms with E-state index in [1.807, 2.05) is 0 Å². The number of alkyl halides is 2. The van der Waals surface area contributed by atoms with E-state index in [2.05, 4.69) is 109 Å². The standard InChI is InChI=1S/C54H88Br6O6S/c1-3-5-7-9-11-13-15-17-19-21-23-25-27-29-31-33-35-63-42-45(56)43-65-53-49(57)37-47(38-50(53)58)67(61,62)48-39-51(59)54(52(60)40-48)66-44-46(41-55)64-36-34-32-30-28-26-24-22-20-18-16-14-12-10-8-6-4-2/h37-40,45-46H,3-36,41-44H2,1-2H3. The maximum Gasteiger partial charge on any atom is 0.206 e. The zero-order valence-electron chi connectivity index (χ0n) is 41.5. The van der Waals surface area contributed by atoms with Gasteiger partial charge in [0.1, 0.15) is 30.8 Å². The van der Waals surface area contributed by atoms with Crippen LogP contribution in [0.2, 0.25) is 0 Å². The molecule has 6 nitrogen and oxygen atoms in total. The van der Waals surface area contributed by atoms with Gasteiger partial charge in [0.25, 0.3) is 0 Å². The Morgan fingerprint density at radius 1 is 0.433 bits per heavy atom. The summed E-state index contributed by atoms with van der Waals surface area (Å²) in [6.07, 6.45) is 43.0. The average molecular weight is 1340 g/mol. The van der Waals surface area contributed by atoms with Gasteiger partial charge in [-0.25, -0.2) is 8.42 Å². The zero-order chi connectivity index (χ0) is 48.8. The lowest BCUT2D eigenvalue weighted by Crippen LogP contribution is -2.24. The quantitative estimate of drug-likeness (QED) is 0.0486. The normalized spacial score (nSPS) is 12.8. The van der Waals surface area contributed by atoms with Crippen molar-refractivity contribution in [2.24, 2.45) is 0 Å². The van der Waals surface area contributed by atoms with Crippen molar-refractivity contribution in [3.63, 3.8) is 0 Å². The van der Waals surface area contributed by atoms with Crippen molar-refractivity contribution >= 4 is 105 Å². The largest absolute Gasteiger partial charge is 0.490 e. The van der Waals surface area contributed by atoms with E-state index < -0.39 is 9.84 Å². The highest BCUT2D eigenvalue weighted by Gasteiger charge is 2.25. The number of benzene rings is 2. The van der Waals surface area contributed by atoms with E-state index >= 15 is 0 Å². The van der Waals surface area contributed by atoms with E-state index in [1.165, 1.54) is 193 Å². The third-order valence-electron chi connectivity index (χ3n) is 12.4. The molecule has 0 amide bonds. The summed E-state index contributed by atoms with van der Waals surface area (Å²) in [5.41, 5.74) is 0. The molecule has 67 heavy (non-hydrogen) atoms. The molecule has 2 aromatic rings. The van der Waals surface area contributed by atoms with Gasteiger partial charge >= 0.3 is 0 Å². The van der Waals surface area contributed by atoms with Gasteiger partial charge in [-0.15, -0.1) is 0 Å². The Morgan fingerprint density at radius 2 is 0.731 bits per heavy atom. The summed E-state index contributed by atoms with van der Waals surface area (Å²) in [5, 5.41) is 0.640. The maximum atomic E-state index is 13.9. The van der Waals surface area contributed by atoms with Gasteiger partial charge < -0.3 is 18.9 Å². The van der Waals surface area contributed by atoms with Gasteiger partial charge in [0.2, 0.25) is 9.84 Å². The number of sulfone groups is 1. The summed E-state index contributed by atoms with van der Waals surface area (Å²) in [4.78, 5) is 0.251. The second-order valence-electron chi connectivity index (χ2n) is 18.5. The molecule has 13 heteroatoms. The highest BCUT2D eigenvalue weighted by atomic mass is 79.9. The van der Waals surface area contributed by atoms with Gasteiger partial charge in [0, 0.05) is 18.5 Å². The predicted molar refractivity (Wildman–Crippen MR) is 306 cm³/mol. The highest BCUT2D eigenvalue weighted by molar-refractivity contribution is 9.11. The monoisotopic (exact) mass is 1340 g/mol. The van der Waals surface area contributed by atoms with Crippen molar-refractivity contribution in [2.45, 2.75) is 240 Å². The van der Waals surface area contributed by atoms with Crippen LogP contribution in [0.25, 0.3) is 0 Å². The first kappa shape index (κ1) is 63.9. The fourth-order valence-corrected chi connectivity index (χ4v) is 13.7. The summed E-state index contributed by atoms with van der Waals surface area (Å²) in [5.74, 6) is 1.06. The van der Waals surface area contributed by atoms with Gasteiger partial charge in [-0.3, -0.25) is 0 Å². The third-order valence-corrected chi connectivity index (χ3v) is 17.7. The first-order valence-corrected chi connectivity index (χ1v) is 33.1. The topological polar surface area (TPSA) is 71.1 Å². The van der Waals surface area contributed by atoms with Crippen LogP contribution in [-0.2, 0) is 19.3 Å². The number of hydrogen-bond donors (Lipinski definition) is 0. The van der Waals surface area contributed by atoms with Crippen molar-refractivity contribution in [3.8, 4) is 11.5 Å². The first-order chi connectivity index (χ1) is 32.5. The van der Waals surface area contributed by atoms with Crippen molar-refractivity contribution in [1.82, 2.24) is 0 Å². The van der Waals surface area contributed by atoms with Crippen LogP contribution < -0.4 is 9.47 Å². The van der Waals surface area contributed by atoms with Crippen LogP contribution in [0.3, 0.4) is 0 Å². The van der Waals surface area contributed by atoms with E-state index in [9.17, 15) is 8.42 Å². The summed E-state index contributed by atoms with van der Waals surface area (Å²) in [6.45, 7) is 7.23. The predicted octanol–water partition coefficient (Wildman–Crippen LogP) is 20.4. The minimum absolute atomic E-state index is 0.00812. The van der Waals surface area contributed by atoms with Crippen molar-refractivity contribution in [2.75, 3.05) is 38.4 Å². The number of rotatable bonds is 46. The molecule has 0 fully saturated rings. The van der Waals surface area contributed by atoms with E-state index in [-0.39, 0.29) is 20.7 Å². The molecule has 0 aromatic heterocycles. The van der Waals surface area contributed by atoms with E-state index in [0.717, 1.165) is 19.4 Å². The highest BCUT2D eigenvalue weighted by Crippen LogP contribution is 2.41. The molecular weight excluding hydrogens is 1260 g/mol. The van der Waals surface area contributed by atoms with E-state index in [0.29, 0.717) is 61.1 Å². The van der Waals surface area contributed by atoms with Crippen molar-refractivity contribution < 1.29 is 27.4 Å². The van der Waals surface area contributed by atoms with Crippen LogP contribution >= 0.6 is 95.6 Å². The summed E-state index contributed by atoms with van der Waals surface area (Å²) >= 11 is 21.5. The maximum absolute atomic E-state index is 13.9.